The van der Waals surface area contributed by atoms with E-state index in [0.29, 0.717) is 10.8 Å². The third kappa shape index (κ3) is 1.81. The van der Waals surface area contributed by atoms with Gasteiger partial charge < -0.3 is 0 Å². The van der Waals surface area contributed by atoms with Gasteiger partial charge in [0.1, 0.15) is 0 Å². The van der Waals surface area contributed by atoms with Crippen molar-refractivity contribution in [2.75, 3.05) is 0 Å². The van der Waals surface area contributed by atoms with Gasteiger partial charge in [0.2, 0.25) is 0 Å². The molecule has 0 heteroatoms. The van der Waals surface area contributed by atoms with Crippen molar-refractivity contribution in [1.82, 2.24) is 0 Å². The van der Waals surface area contributed by atoms with Crippen molar-refractivity contribution in [3.05, 3.63) is 34.4 Å². The summed E-state index contributed by atoms with van der Waals surface area (Å²) in [5, 5.41) is 0. The van der Waals surface area contributed by atoms with Crippen LogP contribution in [0.1, 0.15) is 75.6 Å². The summed E-state index contributed by atoms with van der Waals surface area (Å²) in [5.41, 5.74) is 7.31. The molecule has 0 fully saturated rings. The van der Waals surface area contributed by atoms with Gasteiger partial charge in [-0.2, -0.15) is 0 Å². The van der Waals surface area contributed by atoms with E-state index < -0.39 is 0 Å². The van der Waals surface area contributed by atoms with Crippen LogP contribution in [0.3, 0.4) is 0 Å². The van der Waals surface area contributed by atoms with E-state index >= 15 is 0 Å². The number of fused-ring (bicyclic) bond motifs is 2. The molecule has 0 bridgehead atoms. The molecule has 18 heavy (non-hydrogen) atoms. The second-order valence-electron chi connectivity index (χ2n) is 7.64. The quantitative estimate of drug-likeness (QED) is 0.606. The van der Waals surface area contributed by atoms with Crippen LogP contribution in [0.25, 0.3) is 0 Å². The molecule has 1 aromatic rings. The maximum absolute atomic E-state index is 2.56. The van der Waals surface area contributed by atoms with Crippen LogP contribution in [-0.2, 0) is 23.7 Å². The zero-order valence-electron chi connectivity index (χ0n) is 12.4. The third-order valence-corrected chi connectivity index (χ3v) is 5.32. The van der Waals surface area contributed by atoms with Crippen LogP contribution in [0.2, 0.25) is 0 Å². The van der Waals surface area contributed by atoms with Gasteiger partial charge in [0.15, 0.2) is 0 Å². The Kier molecular flexibility index (Phi) is 2.63. The van der Waals surface area contributed by atoms with Crippen molar-refractivity contribution >= 4 is 0 Å². The lowest BCUT2D eigenvalue weighted by Crippen LogP contribution is -2.34. The fourth-order valence-corrected chi connectivity index (χ4v) is 3.80. The molecule has 0 radical (unpaired) electrons. The Labute approximate surface area is 112 Å². The fourth-order valence-electron chi connectivity index (χ4n) is 3.80. The van der Waals surface area contributed by atoms with Gasteiger partial charge in [-0.05, 0) is 71.6 Å². The molecule has 0 nitrogen and oxygen atoms in total. The molecule has 0 spiro atoms. The minimum absolute atomic E-state index is 0.372. The van der Waals surface area contributed by atoms with Crippen molar-refractivity contribution < 1.29 is 0 Å². The van der Waals surface area contributed by atoms with Gasteiger partial charge in [0.05, 0.1) is 0 Å². The van der Waals surface area contributed by atoms with Crippen LogP contribution < -0.4 is 0 Å². The topological polar surface area (TPSA) is 0 Å². The third-order valence-electron chi connectivity index (χ3n) is 5.32. The van der Waals surface area contributed by atoms with E-state index in [9.17, 15) is 0 Å². The number of aryl methyl sites for hydroxylation is 2. The average molecular weight is 242 g/mol. The normalized spacial score (nSPS) is 24.2. The second kappa shape index (κ2) is 3.85. The molecule has 0 saturated heterocycles. The van der Waals surface area contributed by atoms with Crippen LogP contribution >= 0.6 is 0 Å². The van der Waals surface area contributed by atoms with E-state index in [4.69, 9.17) is 0 Å². The Morgan fingerprint density at radius 1 is 0.722 bits per heavy atom. The minimum Gasteiger partial charge on any atom is -0.0558 e. The lowest BCUT2D eigenvalue weighted by Gasteiger charge is -2.43. The molecule has 0 heterocycles. The monoisotopic (exact) mass is 242 g/mol. The van der Waals surface area contributed by atoms with E-state index in [1.54, 1.807) is 22.3 Å². The van der Waals surface area contributed by atoms with Crippen LogP contribution in [0, 0.1) is 0 Å². The van der Waals surface area contributed by atoms with Crippen molar-refractivity contribution in [3.8, 4) is 0 Å². The van der Waals surface area contributed by atoms with Gasteiger partial charge in [-0.15, -0.1) is 0 Å². The summed E-state index contributed by atoms with van der Waals surface area (Å²) in [7, 11) is 0. The van der Waals surface area contributed by atoms with Crippen molar-refractivity contribution in [3.63, 3.8) is 0 Å². The first-order valence-corrected chi connectivity index (χ1v) is 7.57. The molecule has 0 amide bonds. The average Bonchev–Trinajstić information content (AvgIpc) is 2.34. The van der Waals surface area contributed by atoms with E-state index in [0.717, 1.165) is 0 Å². The summed E-state index contributed by atoms with van der Waals surface area (Å²) in [5.74, 6) is 0. The van der Waals surface area contributed by atoms with Crippen LogP contribution in [0.5, 0.6) is 0 Å². The van der Waals surface area contributed by atoms with Crippen molar-refractivity contribution in [2.45, 2.75) is 77.0 Å². The summed E-state index contributed by atoms with van der Waals surface area (Å²) in [4.78, 5) is 0. The molecular weight excluding hydrogens is 216 g/mol. The SMILES string of the molecule is CC1(C)CCC(C)(C)c2cc3c(cc21)CCCC3. The lowest BCUT2D eigenvalue weighted by molar-refractivity contribution is 0.331. The molecule has 2 aliphatic rings. The Morgan fingerprint density at radius 2 is 1.11 bits per heavy atom. The Bertz CT molecular complexity index is 432. The highest BCUT2D eigenvalue weighted by Gasteiger charge is 2.37. The first kappa shape index (κ1) is 12.3. The molecule has 0 atom stereocenters. The van der Waals surface area contributed by atoms with Gasteiger partial charge >= 0.3 is 0 Å². The summed E-state index contributed by atoms with van der Waals surface area (Å²) in [6.45, 7) is 9.71. The first-order valence-electron chi connectivity index (χ1n) is 7.57. The molecule has 98 valence electrons. The highest BCUT2D eigenvalue weighted by molar-refractivity contribution is 5.47. The van der Waals surface area contributed by atoms with E-state index in [1.807, 2.05) is 0 Å². The van der Waals surface area contributed by atoms with Gasteiger partial charge in [-0.25, -0.2) is 0 Å². The van der Waals surface area contributed by atoms with Gasteiger partial charge in [0, 0.05) is 0 Å². The largest absolute Gasteiger partial charge is 0.0558 e. The molecule has 0 N–H and O–H groups in total. The predicted molar refractivity (Wildman–Crippen MR) is 78.4 cm³/mol. The number of rotatable bonds is 0. The van der Waals surface area contributed by atoms with Crippen LogP contribution in [-0.4, -0.2) is 0 Å². The van der Waals surface area contributed by atoms with Crippen molar-refractivity contribution in [2.24, 2.45) is 0 Å². The van der Waals surface area contributed by atoms with E-state index in [-0.39, 0.29) is 0 Å². The summed E-state index contributed by atoms with van der Waals surface area (Å²) >= 11 is 0. The Hall–Kier alpha value is -0.780. The lowest BCUT2D eigenvalue weighted by atomic mass is 9.62. The van der Waals surface area contributed by atoms with Crippen LogP contribution in [0.15, 0.2) is 12.1 Å². The molecule has 0 aromatic heterocycles. The smallest absolute Gasteiger partial charge is 0.0100 e. The molecule has 2 aliphatic carbocycles. The standard InChI is InChI=1S/C18H26/c1-17(2)9-10-18(3,4)16-12-14-8-6-5-7-13(14)11-15(16)17/h11-12H,5-10H2,1-4H3. The Balaban J connectivity index is 2.20. The summed E-state index contributed by atoms with van der Waals surface area (Å²) in [6, 6.07) is 5.12. The number of hydrogen-bond acceptors (Lipinski definition) is 0. The maximum Gasteiger partial charge on any atom is -0.0100 e. The Morgan fingerprint density at radius 3 is 1.50 bits per heavy atom. The number of hydrogen-bond donors (Lipinski definition) is 0. The van der Waals surface area contributed by atoms with Gasteiger partial charge in [-0.1, -0.05) is 39.8 Å². The van der Waals surface area contributed by atoms with Gasteiger partial charge in [-0.3, -0.25) is 0 Å². The molecule has 0 saturated carbocycles. The van der Waals surface area contributed by atoms with E-state index in [2.05, 4.69) is 39.8 Å². The minimum atomic E-state index is 0.372. The van der Waals surface area contributed by atoms with Crippen molar-refractivity contribution in [1.29, 1.82) is 0 Å². The first-order chi connectivity index (χ1) is 8.40. The second-order valence-corrected chi connectivity index (χ2v) is 7.64. The highest BCUT2D eigenvalue weighted by Crippen LogP contribution is 2.47. The van der Waals surface area contributed by atoms with Crippen LogP contribution in [0.4, 0.5) is 0 Å². The number of benzene rings is 1. The maximum atomic E-state index is 2.56. The van der Waals surface area contributed by atoms with Gasteiger partial charge in [0.25, 0.3) is 0 Å². The summed E-state index contributed by atoms with van der Waals surface area (Å²) < 4.78 is 0. The molecule has 0 unspecified atom stereocenters. The zero-order valence-corrected chi connectivity index (χ0v) is 12.4. The van der Waals surface area contributed by atoms with E-state index in [1.165, 1.54) is 38.5 Å². The fraction of sp³-hybridized carbons (Fsp3) is 0.667. The zero-order chi connectivity index (χ0) is 13.0. The molecule has 0 aliphatic heterocycles. The highest BCUT2D eigenvalue weighted by atomic mass is 14.4. The predicted octanol–water partition coefficient (Wildman–Crippen LogP) is 4.91. The summed E-state index contributed by atoms with van der Waals surface area (Å²) in [6.07, 6.45) is 8.03. The molecule has 3 rings (SSSR count). The molecular formula is C18H26. The molecule has 1 aromatic carbocycles.